The van der Waals surface area contributed by atoms with Crippen molar-refractivity contribution < 1.29 is 16.9 Å². The van der Waals surface area contributed by atoms with Gasteiger partial charge in [-0.25, -0.2) is 0 Å². The molecule has 0 aliphatic rings. The van der Waals surface area contributed by atoms with E-state index in [9.17, 15) is 0 Å². The standard InChI is InChI=1S/C32H52N.ClH/c1-3-5-7-9-11-13-21-27-33(29-31-23-17-15-18-24-31,30-32-25-19-16-20-26-32)28-22-14-12-10-8-6-4-2;/h15-20,23-26H,3-14,21-22,27-30H2,1-2H3;1H/q+1;/p-1. The normalized spacial score (nSPS) is 11.4. The maximum atomic E-state index is 2.34. The van der Waals surface area contributed by atoms with Gasteiger partial charge in [-0.1, -0.05) is 139 Å². The number of hydrogen-bond donors (Lipinski definition) is 0. The Labute approximate surface area is 218 Å². The Morgan fingerprint density at radius 2 is 0.765 bits per heavy atom. The fourth-order valence-corrected chi connectivity index (χ4v) is 5.23. The SMILES string of the molecule is CCCCCCCCC[N+](CCCCCCCCC)(Cc1ccccc1)Cc1ccccc1.[Cl-]. The van der Waals surface area contributed by atoms with Crippen molar-refractivity contribution in [3.05, 3.63) is 71.8 Å². The van der Waals surface area contributed by atoms with E-state index in [1.54, 1.807) is 0 Å². The second-order valence-corrected chi connectivity index (χ2v) is 10.3. The van der Waals surface area contributed by atoms with Gasteiger partial charge in [0.15, 0.2) is 0 Å². The molecule has 0 radical (unpaired) electrons. The zero-order chi connectivity index (χ0) is 23.5. The molecule has 34 heavy (non-hydrogen) atoms. The summed E-state index contributed by atoms with van der Waals surface area (Å²) in [4.78, 5) is 0. The number of unbranched alkanes of at least 4 members (excludes halogenated alkanes) is 12. The Hall–Kier alpha value is -1.31. The fourth-order valence-electron chi connectivity index (χ4n) is 5.23. The average Bonchev–Trinajstić information content (AvgIpc) is 2.84. The molecule has 0 fully saturated rings. The third kappa shape index (κ3) is 13.5. The van der Waals surface area contributed by atoms with Crippen LogP contribution < -0.4 is 12.4 Å². The number of benzene rings is 2. The highest BCUT2D eigenvalue weighted by atomic mass is 35.5. The molecule has 0 amide bonds. The van der Waals surface area contributed by atoms with Crippen LogP contribution in [0.1, 0.15) is 115 Å². The Morgan fingerprint density at radius 3 is 1.12 bits per heavy atom. The van der Waals surface area contributed by atoms with Gasteiger partial charge < -0.3 is 16.9 Å². The predicted octanol–water partition coefficient (Wildman–Crippen LogP) is 6.71. The van der Waals surface area contributed by atoms with E-state index in [4.69, 9.17) is 0 Å². The molecule has 0 saturated carbocycles. The van der Waals surface area contributed by atoms with Gasteiger partial charge in [-0.2, -0.15) is 0 Å². The van der Waals surface area contributed by atoms with Crippen molar-refractivity contribution in [3.63, 3.8) is 0 Å². The minimum atomic E-state index is 0. The first-order chi connectivity index (χ1) is 16.3. The number of hydrogen-bond acceptors (Lipinski definition) is 0. The van der Waals surface area contributed by atoms with Gasteiger partial charge >= 0.3 is 0 Å². The maximum Gasteiger partial charge on any atom is 0.105 e. The van der Waals surface area contributed by atoms with Gasteiger partial charge in [0.1, 0.15) is 13.1 Å². The average molecular weight is 486 g/mol. The number of halogens is 1. The lowest BCUT2D eigenvalue weighted by Crippen LogP contribution is -3.00. The summed E-state index contributed by atoms with van der Waals surface area (Å²) in [5.41, 5.74) is 3.00. The molecular formula is C32H52ClN. The van der Waals surface area contributed by atoms with Crippen LogP contribution in [0.5, 0.6) is 0 Å². The highest BCUT2D eigenvalue weighted by Crippen LogP contribution is 2.24. The molecule has 0 bridgehead atoms. The molecule has 1 nitrogen and oxygen atoms in total. The minimum absolute atomic E-state index is 0. The smallest absolute Gasteiger partial charge is 0.105 e. The molecule has 2 aromatic carbocycles. The van der Waals surface area contributed by atoms with E-state index in [1.165, 1.54) is 132 Å². The molecule has 0 heterocycles. The van der Waals surface area contributed by atoms with Crippen LogP contribution in [0.4, 0.5) is 0 Å². The summed E-state index contributed by atoms with van der Waals surface area (Å²) >= 11 is 0. The van der Waals surface area contributed by atoms with Gasteiger partial charge in [0.25, 0.3) is 0 Å². The van der Waals surface area contributed by atoms with Crippen molar-refractivity contribution in [2.75, 3.05) is 13.1 Å². The van der Waals surface area contributed by atoms with Crippen LogP contribution in [-0.4, -0.2) is 17.6 Å². The molecule has 2 rings (SSSR count). The van der Waals surface area contributed by atoms with E-state index in [0.29, 0.717) is 0 Å². The fraction of sp³-hybridized carbons (Fsp3) is 0.625. The van der Waals surface area contributed by atoms with Gasteiger partial charge in [-0.05, 0) is 25.7 Å². The van der Waals surface area contributed by atoms with Crippen molar-refractivity contribution in [2.24, 2.45) is 0 Å². The second kappa shape index (κ2) is 19.9. The zero-order valence-corrected chi connectivity index (χ0v) is 23.1. The van der Waals surface area contributed by atoms with Crippen LogP contribution in [0.2, 0.25) is 0 Å². The molecule has 0 unspecified atom stereocenters. The zero-order valence-electron chi connectivity index (χ0n) is 22.3. The number of nitrogens with zero attached hydrogens (tertiary/aromatic N) is 1. The molecule has 0 N–H and O–H groups in total. The summed E-state index contributed by atoms with van der Waals surface area (Å²) in [6.45, 7) is 9.58. The van der Waals surface area contributed by atoms with Gasteiger partial charge in [0, 0.05) is 11.1 Å². The molecule has 2 aromatic rings. The maximum absolute atomic E-state index is 2.34. The second-order valence-electron chi connectivity index (χ2n) is 10.3. The van der Waals surface area contributed by atoms with E-state index in [0.717, 1.165) is 0 Å². The summed E-state index contributed by atoms with van der Waals surface area (Å²) in [5, 5.41) is 0. The lowest BCUT2D eigenvalue weighted by molar-refractivity contribution is -0.954. The molecule has 0 aromatic heterocycles. The predicted molar refractivity (Wildman–Crippen MR) is 146 cm³/mol. The molecule has 0 aliphatic carbocycles. The number of quaternary nitrogens is 1. The first-order valence-electron chi connectivity index (χ1n) is 14.2. The van der Waals surface area contributed by atoms with Crippen molar-refractivity contribution in [1.29, 1.82) is 0 Å². The third-order valence-corrected chi connectivity index (χ3v) is 7.19. The minimum Gasteiger partial charge on any atom is -1.00 e. The Bertz CT molecular complexity index is 623. The Kier molecular flexibility index (Phi) is 18.0. The largest absolute Gasteiger partial charge is 1.00 e. The highest BCUT2D eigenvalue weighted by Gasteiger charge is 2.27. The van der Waals surface area contributed by atoms with Crippen molar-refractivity contribution in [1.82, 2.24) is 0 Å². The molecule has 192 valence electrons. The molecule has 0 saturated heterocycles. The Balaban J connectivity index is 0.00000578. The third-order valence-electron chi connectivity index (χ3n) is 7.19. The summed E-state index contributed by atoms with van der Waals surface area (Å²) in [6.07, 6.45) is 19.5. The first-order valence-corrected chi connectivity index (χ1v) is 14.2. The molecule has 0 spiro atoms. The van der Waals surface area contributed by atoms with Crippen LogP contribution in [0.3, 0.4) is 0 Å². The summed E-state index contributed by atoms with van der Waals surface area (Å²) in [7, 11) is 0. The molecule has 0 aliphatic heterocycles. The van der Waals surface area contributed by atoms with E-state index < -0.39 is 0 Å². The van der Waals surface area contributed by atoms with E-state index in [-0.39, 0.29) is 12.4 Å². The van der Waals surface area contributed by atoms with Crippen LogP contribution >= 0.6 is 0 Å². The van der Waals surface area contributed by atoms with Crippen LogP contribution in [0.15, 0.2) is 60.7 Å². The van der Waals surface area contributed by atoms with Gasteiger partial charge in [-0.15, -0.1) is 0 Å². The van der Waals surface area contributed by atoms with Crippen LogP contribution in [0.25, 0.3) is 0 Å². The van der Waals surface area contributed by atoms with Gasteiger partial charge in [0.05, 0.1) is 13.1 Å². The van der Waals surface area contributed by atoms with E-state index in [1.807, 2.05) is 0 Å². The monoisotopic (exact) mass is 485 g/mol. The van der Waals surface area contributed by atoms with Gasteiger partial charge in [-0.3, -0.25) is 0 Å². The highest BCUT2D eigenvalue weighted by molar-refractivity contribution is 5.15. The number of rotatable bonds is 20. The lowest BCUT2D eigenvalue weighted by atomic mass is 10.0. The van der Waals surface area contributed by atoms with Crippen molar-refractivity contribution in [3.8, 4) is 0 Å². The van der Waals surface area contributed by atoms with Gasteiger partial charge in [0.2, 0.25) is 0 Å². The molecule has 2 heteroatoms. The molecule has 0 atom stereocenters. The lowest BCUT2D eigenvalue weighted by Gasteiger charge is -2.39. The summed E-state index contributed by atoms with van der Waals surface area (Å²) < 4.78 is 1.22. The topological polar surface area (TPSA) is 0 Å². The van der Waals surface area contributed by atoms with Crippen molar-refractivity contribution in [2.45, 2.75) is 117 Å². The summed E-state index contributed by atoms with van der Waals surface area (Å²) in [6, 6.07) is 22.5. The summed E-state index contributed by atoms with van der Waals surface area (Å²) in [5.74, 6) is 0. The quantitative estimate of drug-likeness (QED) is 0.144. The van der Waals surface area contributed by atoms with E-state index in [2.05, 4.69) is 74.5 Å². The molecular weight excluding hydrogens is 434 g/mol. The Morgan fingerprint density at radius 1 is 0.441 bits per heavy atom. The van der Waals surface area contributed by atoms with Crippen LogP contribution in [-0.2, 0) is 13.1 Å². The van der Waals surface area contributed by atoms with Crippen molar-refractivity contribution >= 4 is 0 Å². The van der Waals surface area contributed by atoms with E-state index >= 15 is 0 Å². The first kappa shape index (κ1) is 30.7. The van der Waals surface area contributed by atoms with Crippen LogP contribution in [0, 0.1) is 0 Å².